The van der Waals surface area contributed by atoms with Crippen LogP contribution in [0.3, 0.4) is 0 Å². The van der Waals surface area contributed by atoms with Gasteiger partial charge in [0.2, 0.25) is 0 Å². The van der Waals surface area contributed by atoms with E-state index in [-0.39, 0.29) is 23.4 Å². The molecule has 0 spiro atoms. The molecule has 4 heteroatoms. The Hall–Kier alpha value is -1.55. The molecular weight excluding hydrogens is 374 g/mol. The first-order chi connectivity index (χ1) is 14.5. The predicted molar refractivity (Wildman–Crippen MR) is 117 cm³/mol. The van der Waals surface area contributed by atoms with Gasteiger partial charge in [0.15, 0.2) is 0 Å². The summed E-state index contributed by atoms with van der Waals surface area (Å²) in [6.07, 6.45) is 13.6. The van der Waals surface area contributed by atoms with Gasteiger partial charge in [0.05, 0.1) is 12.2 Å². The highest BCUT2D eigenvalue weighted by molar-refractivity contribution is 5.75. The number of carbonyl (C=O) groups excluding carboxylic acids is 1. The molecule has 5 rings (SSSR count). The molecule has 0 aromatic carbocycles. The van der Waals surface area contributed by atoms with Gasteiger partial charge in [-0.15, -0.1) is 0 Å². The highest BCUT2D eigenvalue weighted by Crippen LogP contribution is 2.56. The van der Waals surface area contributed by atoms with Gasteiger partial charge < -0.3 is 14.5 Å². The molecule has 4 nitrogen and oxygen atoms in total. The van der Waals surface area contributed by atoms with E-state index in [9.17, 15) is 4.79 Å². The van der Waals surface area contributed by atoms with Crippen molar-refractivity contribution in [3.8, 4) is 0 Å². The van der Waals surface area contributed by atoms with Crippen LogP contribution in [-0.4, -0.2) is 24.7 Å². The van der Waals surface area contributed by atoms with Gasteiger partial charge in [-0.1, -0.05) is 31.9 Å². The molecule has 1 aliphatic heterocycles. The maximum atomic E-state index is 12.8. The highest BCUT2D eigenvalue weighted by atomic mass is 16.6. The number of esters is 1. The largest absolute Gasteiger partial charge is 0.469 e. The van der Waals surface area contributed by atoms with E-state index in [1.165, 1.54) is 44.1 Å². The third kappa shape index (κ3) is 3.77. The van der Waals surface area contributed by atoms with Crippen LogP contribution in [0.1, 0.15) is 70.5 Å². The molecule has 2 heterocycles. The first kappa shape index (κ1) is 20.4. The van der Waals surface area contributed by atoms with Gasteiger partial charge in [-0.3, -0.25) is 4.79 Å². The fourth-order valence-electron chi connectivity index (χ4n) is 7.18. The van der Waals surface area contributed by atoms with Gasteiger partial charge in [0, 0.05) is 24.9 Å². The summed E-state index contributed by atoms with van der Waals surface area (Å²) in [7, 11) is 0. The molecular formula is C26H37NO3. The molecule has 0 unspecified atom stereocenters. The van der Waals surface area contributed by atoms with E-state index in [0.29, 0.717) is 23.8 Å². The van der Waals surface area contributed by atoms with Crippen molar-refractivity contribution in [2.75, 3.05) is 6.54 Å². The van der Waals surface area contributed by atoms with Crippen molar-refractivity contribution in [3.05, 3.63) is 36.3 Å². The molecule has 0 bridgehead atoms. The molecule has 3 aliphatic carbocycles. The Morgan fingerprint density at radius 3 is 2.97 bits per heavy atom. The van der Waals surface area contributed by atoms with Crippen molar-refractivity contribution in [1.29, 1.82) is 0 Å². The van der Waals surface area contributed by atoms with Gasteiger partial charge in [-0.25, -0.2) is 0 Å². The lowest BCUT2D eigenvalue weighted by Gasteiger charge is -2.50. The van der Waals surface area contributed by atoms with Crippen LogP contribution in [0.5, 0.6) is 0 Å². The van der Waals surface area contributed by atoms with Crippen LogP contribution in [0, 0.1) is 29.1 Å². The number of nitrogens with one attached hydrogen (secondary N) is 1. The van der Waals surface area contributed by atoms with Crippen molar-refractivity contribution in [1.82, 2.24) is 5.32 Å². The minimum Gasteiger partial charge on any atom is -0.469 e. The normalized spacial score (nSPS) is 41.2. The zero-order valence-electron chi connectivity index (χ0n) is 18.4. The second-order valence-electron chi connectivity index (χ2n) is 10.7. The number of allylic oxidation sites excluding steroid dienone is 1. The van der Waals surface area contributed by atoms with Crippen molar-refractivity contribution < 1.29 is 13.9 Å². The Kier molecular flexibility index (Phi) is 5.55. The number of rotatable bonds is 5. The molecule has 30 heavy (non-hydrogen) atoms. The van der Waals surface area contributed by atoms with Crippen LogP contribution in [0.4, 0.5) is 0 Å². The predicted octanol–water partition coefficient (Wildman–Crippen LogP) is 5.28. The monoisotopic (exact) mass is 411 g/mol. The Balaban J connectivity index is 1.24. The molecule has 0 radical (unpaired) electrons. The van der Waals surface area contributed by atoms with Crippen LogP contribution in [-0.2, 0) is 16.0 Å². The zero-order chi connectivity index (χ0) is 20.7. The van der Waals surface area contributed by atoms with Crippen molar-refractivity contribution in [2.45, 2.75) is 83.3 Å². The lowest BCUT2D eigenvalue weighted by Crippen LogP contribution is -2.47. The molecule has 1 N–H and O–H groups in total. The average molecular weight is 412 g/mol. The smallest absolute Gasteiger partial charge is 0.310 e. The van der Waals surface area contributed by atoms with E-state index < -0.39 is 0 Å². The van der Waals surface area contributed by atoms with E-state index >= 15 is 0 Å². The summed E-state index contributed by atoms with van der Waals surface area (Å²) in [5.41, 5.74) is 1.69. The minimum absolute atomic E-state index is 0.000431. The highest BCUT2D eigenvalue weighted by Gasteiger charge is 2.55. The summed E-state index contributed by atoms with van der Waals surface area (Å²) in [4.78, 5) is 12.8. The maximum absolute atomic E-state index is 12.8. The number of carbonyl (C=O) groups is 1. The lowest BCUT2D eigenvalue weighted by atomic mass is 9.55. The molecule has 1 aromatic heterocycles. The van der Waals surface area contributed by atoms with Gasteiger partial charge in [-0.05, 0) is 74.3 Å². The molecule has 3 saturated carbocycles. The van der Waals surface area contributed by atoms with Crippen LogP contribution in [0.15, 0.2) is 35.0 Å². The third-order valence-corrected chi connectivity index (χ3v) is 8.87. The van der Waals surface area contributed by atoms with Crippen LogP contribution >= 0.6 is 0 Å². The van der Waals surface area contributed by atoms with E-state index in [1.807, 2.05) is 6.07 Å². The maximum Gasteiger partial charge on any atom is 0.310 e. The summed E-state index contributed by atoms with van der Waals surface area (Å²) >= 11 is 0. The summed E-state index contributed by atoms with van der Waals surface area (Å²) in [6, 6.07) is 4.53. The second-order valence-corrected chi connectivity index (χ2v) is 10.7. The Labute approximate surface area is 180 Å². The quantitative estimate of drug-likeness (QED) is 0.529. The number of ether oxygens (including phenoxy) is 1. The van der Waals surface area contributed by atoms with Crippen LogP contribution < -0.4 is 5.32 Å². The van der Waals surface area contributed by atoms with E-state index in [4.69, 9.17) is 9.15 Å². The van der Waals surface area contributed by atoms with Crippen LogP contribution in [0.25, 0.3) is 0 Å². The topological polar surface area (TPSA) is 51.5 Å². The summed E-state index contributed by atoms with van der Waals surface area (Å²) in [6.45, 7) is 7.58. The zero-order valence-corrected chi connectivity index (χ0v) is 18.4. The third-order valence-electron chi connectivity index (χ3n) is 8.87. The molecule has 4 aliphatic rings. The fraction of sp³-hybridized carbons (Fsp3) is 0.731. The molecule has 0 amide bonds. The second kappa shape index (κ2) is 8.18. The fourth-order valence-corrected chi connectivity index (χ4v) is 7.18. The Bertz CT molecular complexity index is 771. The van der Waals surface area contributed by atoms with Crippen LogP contribution in [0.2, 0.25) is 0 Å². The Morgan fingerprint density at radius 1 is 1.27 bits per heavy atom. The van der Waals surface area contributed by atoms with Gasteiger partial charge in [0.25, 0.3) is 0 Å². The van der Waals surface area contributed by atoms with E-state index in [1.54, 1.807) is 6.26 Å². The number of hydrogen-bond acceptors (Lipinski definition) is 4. The number of fused-ring (bicyclic) bond motifs is 2. The minimum atomic E-state index is 0.000431. The van der Waals surface area contributed by atoms with E-state index in [0.717, 1.165) is 38.0 Å². The first-order valence-electron chi connectivity index (χ1n) is 12.2. The van der Waals surface area contributed by atoms with E-state index in [2.05, 4.69) is 24.9 Å². The molecule has 1 saturated heterocycles. The van der Waals surface area contributed by atoms with Gasteiger partial charge >= 0.3 is 5.97 Å². The van der Waals surface area contributed by atoms with Crippen molar-refractivity contribution in [3.63, 3.8) is 0 Å². The average Bonchev–Trinajstić information content (AvgIpc) is 3.33. The number of furan rings is 1. The Morgan fingerprint density at radius 2 is 2.13 bits per heavy atom. The number of hydrogen-bond donors (Lipinski definition) is 1. The molecule has 7 atom stereocenters. The van der Waals surface area contributed by atoms with Gasteiger partial charge in [-0.2, -0.15) is 0 Å². The standard InChI is InChI=1S/C26H37NO3/c1-17-7-5-11-26(2)15-24-20(14-22(17)26)21(25(28)30-24)16-27-23-10-4-3-8-18(23)13-19-9-6-12-29-19/h6,9,12,18,20-24,27H,1,3-5,7-8,10-11,13-16H2,2H3/t18-,20-,21-,22-,23-,24-,26-/m1/s1. The summed E-state index contributed by atoms with van der Waals surface area (Å²) in [5, 5.41) is 3.82. The lowest BCUT2D eigenvalue weighted by molar-refractivity contribution is -0.146. The molecule has 4 fully saturated rings. The van der Waals surface area contributed by atoms with Crippen molar-refractivity contribution in [2.24, 2.45) is 29.1 Å². The van der Waals surface area contributed by atoms with Crippen molar-refractivity contribution >= 4 is 5.97 Å². The SMILES string of the molecule is C=C1CCC[C@]2(C)C[C@H]3OC(=O)[C@H](CN[C@@H]4CCCC[C@@H]4Cc4ccco4)[C@H]3C[C@H]12. The molecule has 164 valence electrons. The summed E-state index contributed by atoms with van der Waals surface area (Å²) < 4.78 is 11.6. The molecule has 1 aromatic rings. The van der Waals surface area contributed by atoms with Gasteiger partial charge in [0.1, 0.15) is 11.9 Å². The summed E-state index contributed by atoms with van der Waals surface area (Å²) in [5.74, 6) is 2.61. The first-order valence-corrected chi connectivity index (χ1v) is 12.2.